The highest BCUT2D eigenvalue weighted by Gasteiger charge is 2.39. The van der Waals surface area contributed by atoms with Crippen molar-refractivity contribution < 1.29 is 4.79 Å². The molecule has 3 unspecified atom stereocenters. The number of nitrogens with two attached hydrogens (primary N) is 1. The summed E-state index contributed by atoms with van der Waals surface area (Å²) < 4.78 is 0. The van der Waals surface area contributed by atoms with Gasteiger partial charge in [0.1, 0.15) is 9.88 Å². The molecule has 0 radical (unpaired) electrons. The van der Waals surface area contributed by atoms with Gasteiger partial charge in [-0.25, -0.2) is 4.98 Å². The highest BCUT2D eigenvalue weighted by Crippen LogP contribution is 2.30. The van der Waals surface area contributed by atoms with Crippen LogP contribution in [0.25, 0.3) is 10.6 Å². The molecule has 0 spiro atoms. The molecule has 1 aromatic heterocycles. The third kappa shape index (κ3) is 2.48. The standard InChI is InChI=1S/C16H18N4OS/c17-10-3-1-2-9(6-10)16-18-8-14(22-16)15(21)20-13-7-11-4-5-12(13)19-11/h1-3,6,8,11-13,19H,4-5,7,17H2,(H,20,21). The smallest absolute Gasteiger partial charge is 0.263 e. The van der Waals surface area contributed by atoms with E-state index in [1.807, 2.05) is 24.3 Å². The molecule has 2 bridgehead atoms. The molecule has 4 N–H and O–H groups in total. The summed E-state index contributed by atoms with van der Waals surface area (Å²) in [6.07, 6.45) is 5.08. The van der Waals surface area contributed by atoms with Crippen molar-refractivity contribution in [2.24, 2.45) is 0 Å². The first-order chi connectivity index (χ1) is 10.7. The molecular weight excluding hydrogens is 296 g/mol. The van der Waals surface area contributed by atoms with Gasteiger partial charge in [-0.05, 0) is 31.4 Å². The first-order valence-electron chi connectivity index (χ1n) is 7.58. The number of fused-ring (bicyclic) bond motifs is 2. The zero-order valence-corrected chi connectivity index (χ0v) is 12.9. The number of anilines is 1. The molecular formula is C16H18N4OS. The Morgan fingerprint density at radius 3 is 3.05 bits per heavy atom. The molecule has 114 valence electrons. The Labute approximate surface area is 132 Å². The number of hydrogen-bond acceptors (Lipinski definition) is 5. The third-order valence-electron chi connectivity index (χ3n) is 4.48. The Balaban J connectivity index is 1.48. The summed E-state index contributed by atoms with van der Waals surface area (Å²) in [5.74, 6) is -0.0213. The molecule has 3 heterocycles. The van der Waals surface area contributed by atoms with Crippen molar-refractivity contribution in [1.29, 1.82) is 0 Å². The van der Waals surface area contributed by atoms with Crippen LogP contribution in [0.15, 0.2) is 30.5 Å². The maximum Gasteiger partial charge on any atom is 0.263 e. The Morgan fingerprint density at radius 2 is 2.32 bits per heavy atom. The number of hydrogen-bond donors (Lipinski definition) is 3. The van der Waals surface area contributed by atoms with Gasteiger partial charge < -0.3 is 16.4 Å². The molecule has 5 nitrogen and oxygen atoms in total. The van der Waals surface area contributed by atoms with Gasteiger partial charge in [0.05, 0.1) is 6.20 Å². The number of carbonyl (C=O) groups is 1. The second-order valence-electron chi connectivity index (χ2n) is 6.02. The lowest BCUT2D eigenvalue weighted by Gasteiger charge is -2.20. The molecule has 3 atom stereocenters. The predicted octanol–water partition coefficient (Wildman–Crippen LogP) is 2.02. The van der Waals surface area contributed by atoms with Gasteiger partial charge in [0.2, 0.25) is 0 Å². The molecule has 4 rings (SSSR count). The van der Waals surface area contributed by atoms with Crippen LogP contribution < -0.4 is 16.4 Å². The SMILES string of the molecule is Nc1cccc(-c2ncc(C(=O)NC3CC4CCC3N4)s2)c1. The van der Waals surface area contributed by atoms with E-state index in [-0.39, 0.29) is 11.9 Å². The number of aromatic nitrogens is 1. The fourth-order valence-electron chi connectivity index (χ4n) is 3.41. The summed E-state index contributed by atoms with van der Waals surface area (Å²) in [7, 11) is 0. The lowest BCUT2D eigenvalue weighted by molar-refractivity contribution is 0.0935. The van der Waals surface area contributed by atoms with Crippen molar-refractivity contribution in [3.63, 3.8) is 0 Å². The minimum absolute atomic E-state index is 0.0213. The molecule has 1 aromatic carbocycles. The minimum atomic E-state index is -0.0213. The normalized spacial score (nSPS) is 26.3. The van der Waals surface area contributed by atoms with Gasteiger partial charge in [0.15, 0.2) is 0 Å². The van der Waals surface area contributed by atoms with Crippen LogP contribution in [-0.4, -0.2) is 29.0 Å². The fraction of sp³-hybridized carbons (Fsp3) is 0.375. The average Bonchev–Trinajstić information content (AvgIpc) is 3.23. The van der Waals surface area contributed by atoms with E-state index in [1.54, 1.807) is 6.20 Å². The Kier molecular flexibility index (Phi) is 3.35. The Morgan fingerprint density at radius 1 is 1.41 bits per heavy atom. The number of nitrogens with zero attached hydrogens (tertiary/aromatic N) is 1. The summed E-state index contributed by atoms with van der Waals surface area (Å²) in [6.45, 7) is 0. The summed E-state index contributed by atoms with van der Waals surface area (Å²) in [6, 6.07) is 8.84. The molecule has 2 aromatic rings. The van der Waals surface area contributed by atoms with Gasteiger partial charge in [0, 0.05) is 29.4 Å². The van der Waals surface area contributed by atoms with Crippen LogP contribution in [0.2, 0.25) is 0 Å². The highest BCUT2D eigenvalue weighted by molar-refractivity contribution is 7.16. The fourth-order valence-corrected chi connectivity index (χ4v) is 4.22. The predicted molar refractivity (Wildman–Crippen MR) is 87.8 cm³/mol. The maximum atomic E-state index is 12.4. The van der Waals surface area contributed by atoms with Crippen LogP contribution in [0, 0.1) is 0 Å². The van der Waals surface area contributed by atoms with Gasteiger partial charge in [-0.1, -0.05) is 12.1 Å². The van der Waals surface area contributed by atoms with E-state index >= 15 is 0 Å². The van der Waals surface area contributed by atoms with E-state index in [0.29, 0.717) is 22.6 Å². The molecule has 1 amide bonds. The topological polar surface area (TPSA) is 80.0 Å². The molecule has 0 aliphatic carbocycles. The van der Waals surface area contributed by atoms with Gasteiger partial charge >= 0.3 is 0 Å². The number of carbonyl (C=O) groups excluding carboxylic acids is 1. The molecule has 2 aliphatic heterocycles. The first-order valence-corrected chi connectivity index (χ1v) is 8.39. The molecule has 22 heavy (non-hydrogen) atoms. The molecule has 6 heteroatoms. The van der Waals surface area contributed by atoms with Crippen LogP contribution in [0.4, 0.5) is 5.69 Å². The van der Waals surface area contributed by atoms with Crippen molar-refractivity contribution in [2.45, 2.75) is 37.4 Å². The number of amides is 1. The zero-order chi connectivity index (χ0) is 15.1. The number of nitrogen functional groups attached to an aromatic ring is 1. The average molecular weight is 314 g/mol. The van der Waals surface area contributed by atoms with Crippen LogP contribution in [-0.2, 0) is 0 Å². The monoisotopic (exact) mass is 314 g/mol. The summed E-state index contributed by atoms with van der Waals surface area (Å²) in [5.41, 5.74) is 7.45. The largest absolute Gasteiger partial charge is 0.399 e. The lowest BCUT2D eigenvalue weighted by Crippen LogP contribution is -2.42. The van der Waals surface area contributed by atoms with Gasteiger partial charge in [0.25, 0.3) is 5.91 Å². The summed E-state index contributed by atoms with van der Waals surface area (Å²) in [5, 5.41) is 7.50. The Bertz CT molecular complexity index is 714. The second kappa shape index (κ2) is 5.37. The van der Waals surface area contributed by atoms with E-state index in [9.17, 15) is 4.79 Å². The first kappa shape index (κ1) is 13.7. The maximum absolute atomic E-state index is 12.4. The van der Waals surface area contributed by atoms with Crippen molar-refractivity contribution in [1.82, 2.24) is 15.6 Å². The molecule has 2 saturated heterocycles. The van der Waals surface area contributed by atoms with Gasteiger partial charge in [-0.2, -0.15) is 0 Å². The Hall–Kier alpha value is -1.92. The molecule has 2 aliphatic rings. The number of rotatable bonds is 3. The van der Waals surface area contributed by atoms with Gasteiger partial charge in [-0.15, -0.1) is 11.3 Å². The van der Waals surface area contributed by atoms with E-state index < -0.39 is 0 Å². The van der Waals surface area contributed by atoms with Crippen molar-refractivity contribution in [3.8, 4) is 10.6 Å². The minimum Gasteiger partial charge on any atom is -0.399 e. The van der Waals surface area contributed by atoms with E-state index in [1.165, 1.54) is 17.8 Å². The zero-order valence-electron chi connectivity index (χ0n) is 12.1. The second-order valence-corrected chi connectivity index (χ2v) is 7.05. The van der Waals surface area contributed by atoms with E-state index in [2.05, 4.69) is 15.6 Å². The lowest BCUT2D eigenvalue weighted by atomic mass is 9.95. The molecule has 2 fully saturated rings. The van der Waals surface area contributed by atoms with Crippen LogP contribution >= 0.6 is 11.3 Å². The van der Waals surface area contributed by atoms with Crippen LogP contribution in [0.3, 0.4) is 0 Å². The number of benzene rings is 1. The molecule has 0 saturated carbocycles. The van der Waals surface area contributed by atoms with Crippen LogP contribution in [0.1, 0.15) is 28.9 Å². The third-order valence-corrected chi connectivity index (χ3v) is 5.52. The van der Waals surface area contributed by atoms with Crippen molar-refractivity contribution in [3.05, 3.63) is 35.3 Å². The number of thiazole rings is 1. The van der Waals surface area contributed by atoms with Crippen molar-refractivity contribution >= 4 is 22.9 Å². The number of nitrogens with one attached hydrogen (secondary N) is 2. The van der Waals surface area contributed by atoms with Crippen molar-refractivity contribution in [2.75, 3.05) is 5.73 Å². The van der Waals surface area contributed by atoms with E-state index in [4.69, 9.17) is 5.73 Å². The van der Waals surface area contributed by atoms with Crippen LogP contribution in [0.5, 0.6) is 0 Å². The van der Waals surface area contributed by atoms with E-state index in [0.717, 1.165) is 23.4 Å². The summed E-state index contributed by atoms with van der Waals surface area (Å²) in [4.78, 5) is 17.4. The highest BCUT2D eigenvalue weighted by atomic mass is 32.1. The van der Waals surface area contributed by atoms with Gasteiger partial charge in [-0.3, -0.25) is 4.79 Å². The summed E-state index contributed by atoms with van der Waals surface area (Å²) >= 11 is 1.41. The quantitative estimate of drug-likeness (QED) is 0.757.